The summed E-state index contributed by atoms with van der Waals surface area (Å²) in [6.45, 7) is 8.20. The van der Waals surface area contributed by atoms with Gasteiger partial charge in [0.1, 0.15) is 5.82 Å². The minimum Gasteiger partial charge on any atom is -0.383 e. The van der Waals surface area contributed by atoms with Crippen molar-refractivity contribution >= 4 is 22.8 Å². The zero-order valence-corrected chi connectivity index (χ0v) is 15.5. The van der Waals surface area contributed by atoms with Crippen LogP contribution in [0.15, 0.2) is 9.59 Å². The van der Waals surface area contributed by atoms with Crippen molar-refractivity contribution in [3.8, 4) is 0 Å². The highest BCUT2D eigenvalue weighted by Crippen LogP contribution is 2.28. The van der Waals surface area contributed by atoms with Crippen molar-refractivity contribution < 1.29 is 4.79 Å². The summed E-state index contributed by atoms with van der Waals surface area (Å²) >= 11 is 0. The molecule has 0 saturated carbocycles. The smallest absolute Gasteiger partial charge is 0.332 e. The molecule has 0 spiro atoms. The van der Waals surface area contributed by atoms with E-state index < -0.39 is 11.2 Å². The summed E-state index contributed by atoms with van der Waals surface area (Å²) < 4.78 is 2.29. The average Bonchev–Trinajstić information content (AvgIpc) is 2.54. The van der Waals surface area contributed by atoms with E-state index in [0.29, 0.717) is 12.1 Å². The Morgan fingerprint density at radius 3 is 2.28 bits per heavy atom. The molecule has 0 saturated heterocycles. The molecule has 136 valence electrons. The molecule has 2 aromatic rings. The van der Waals surface area contributed by atoms with E-state index >= 15 is 0 Å². The number of nitrogens with zero attached hydrogens (tertiary/aromatic N) is 3. The lowest BCUT2D eigenvalue weighted by molar-refractivity contribution is 0.0948. The molecule has 2 rings (SSSR count). The van der Waals surface area contributed by atoms with Gasteiger partial charge in [-0.05, 0) is 17.4 Å². The number of hydrogen-bond acceptors (Lipinski definition) is 5. The Morgan fingerprint density at radius 2 is 1.76 bits per heavy atom. The van der Waals surface area contributed by atoms with Gasteiger partial charge in [-0.3, -0.25) is 18.7 Å². The first-order valence-corrected chi connectivity index (χ1v) is 8.25. The number of pyridine rings is 1. The van der Waals surface area contributed by atoms with Crippen LogP contribution in [0, 0.1) is 5.92 Å². The summed E-state index contributed by atoms with van der Waals surface area (Å²) in [6, 6.07) is 0. The van der Waals surface area contributed by atoms with E-state index in [1.807, 2.05) is 27.7 Å². The van der Waals surface area contributed by atoms with Gasteiger partial charge in [-0.25, -0.2) is 9.78 Å². The highest BCUT2D eigenvalue weighted by molar-refractivity contribution is 6.04. The molecule has 3 N–H and O–H groups in total. The van der Waals surface area contributed by atoms with Crippen LogP contribution < -0.4 is 22.3 Å². The van der Waals surface area contributed by atoms with E-state index in [0.717, 1.165) is 4.57 Å². The molecule has 0 aliphatic rings. The second-order valence-electron chi connectivity index (χ2n) is 6.95. The first-order valence-electron chi connectivity index (χ1n) is 8.25. The van der Waals surface area contributed by atoms with Crippen LogP contribution in [0.3, 0.4) is 0 Å². The van der Waals surface area contributed by atoms with Crippen molar-refractivity contribution in [3.05, 3.63) is 32.0 Å². The van der Waals surface area contributed by atoms with Crippen LogP contribution in [0.5, 0.6) is 0 Å². The first kappa shape index (κ1) is 18.7. The van der Waals surface area contributed by atoms with Crippen LogP contribution in [-0.2, 0) is 14.1 Å². The SMILES string of the molecule is CC(C)CNC(=O)c1c(N)nc2c(c1C(C)C)c(=O)n(C)c(=O)n2C. The Labute approximate surface area is 145 Å². The predicted octanol–water partition coefficient (Wildman–Crippen LogP) is 0.724. The minimum absolute atomic E-state index is 0.0145. The number of nitrogens with two attached hydrogens (primary N) is 1. The van der Waals surface area contributed by atoms with Crippen molar-refractivity contribution in [2.75, 3.05) is 12.3 Å². The molecule has 2 heterocycles. The van der Waals surface area contributed by atoms with Crippen molar-refractivity contribution in [1.29, 1.82) is 0 Å². The lowest BCUT2D eigenvalue weighted by Gasteiger charge is -2.19. The van der Waals surface area contributed by atoms with Crippen molar-refractivity contribution in [2.45, 2.75) is 33.6 Å². The summed E-state index contributed by atoms with van der Waals surface area (Å²) in [5.41, 5.74) is 5.99. The molecule has 0 fully saturated rings. The van der Waals surface area contributed by atoms with E-state index in [4.69, 9.17) is 5.73 Å². The van der Waals surface area contributed by atoms with E-state index in [1.165, 1.54) is 18.7 Å². The van der Waals surface area contributed by atoms with Crippen molar-refractivity contribution in [3.63, 3.8) is 0 Å². The zero-order valence-electron chi connectivity index (χ0n) is 15.5. The standard InChI is InChI=1S/C17H25N5O3/c1-8(2)7-19-15(23)11-10(9(3)4)12-14(20-13(11)18)21(5)17(25)22(6)16(12)24/h8-9H,7H2,1-6H3,(H2,18,20)(H,19,23). The van der Waals surface area contributed by atoms with Gasteiger partial charge in [0.2, 0.25) is 0 Å². The van der Waals surface area contributed by atoms with Gasteiger partial charge in [0.05, 0.1) is 10.9 Å². The number of aryl methyl sites for hydroxylation is 1. The van der Waals surface area contributed by atoms with Gasteiger partial charge < -0.3 is 11.1 Å². The molecule has 8 nitrogen and oxygen atoms in total. The minimum atomic E-state index is -0.490. The fourth-order valence-electron chi connectivity index (χ4n) is 2.83. The van der Waals surface area contributed by atoms with Crippen LogP contribution in [0.4, 0.5) is 5.82 Å². The monoisotopic (exact) mass is 347 g/mol. The van der Waals surface area contributed by atoms with Gasteiger partial charge >= 0.3 is 5.69 Å². The van der Waals surface area contributed by atoms with E-state index in [2.05, 4.69) is 10.3 Å². The second-order valence-corrected chi connectivity index (χ2v) is 6.95. The fraction of sp³-hybridized carbons (Fsp3) is 0.529. The molecule has 0 radical (unpaired) electrons. The summed E-state index contributed by atoms with van der Waals surface area (Å²) in [7, 11) is 2.93. The van der Waals surface area contributed by atoms with Gasteiger partial charge in [-0.15, -0.1) is 0 Å². The largest absolute Gasteiger partial charge is 0.383 e. The predicted molar refractivity (Wildman–Crippen MR) is 97.9 cm³/mol. The average molecular weight is 347 g/mol. The molecule has 0 aliphatic heterocycles. The molecule has 0 unspecified atom stereocenters. The summed E-state index contributed by atoms with van der Waals surface area (Å²) in [6.07, 6.45) is 0. The lowest BCUT2D eigenvalue weighted by atomic mass is 9.94. The van der Waals surface area contributed by atoms with Crippen LogP contribution in [0.25, 0.3) is 11.0 Å². The topological polar surface area (TPSA) is 112 Å². The van der Waals surface area contributed by atoms with E-state index in [-0.39, 0.29) is 40.2 Å². The molecule has 0 atom stereocenters. The Balaban J connectivity index is 2.91. The maximum atomic E-state index is 12.7. The van der Waals surface area contributed by atoms with Gasteiger partial charge in [-0.2, -0.15) is 0 Å². The quantitative estimate of drug-likeness (QED) is 0.846. The Bertz CT molecular complexity index is 954. The van der Waals surface area contributed by atoms with Crippen LogP contribution in [0.1, 0.15) is 49.5 Å². The normalized spacial score (nSPS) is 11.5. The number of fused-ring (bicyclic) bond motifs is 1. The number of amides is 1. The van der Waals surface area contributed by atoms with Crippen molar-refractivity contribution in [2.24, 2.45) is 20.0 Å². The molecule has 25 heavy (non-hydrogen) atoms. The maximum absolute atomic E-state index is 12.7. The summed E-state index contributed by atoms with van der Waals surface area (Å²) in [4.78, 5) is 41.7. The number of nitrogens with one attached hydrogen (secondary N) is 1. The maximum Gasteiger partial charge on any atom is 0.332 e. The third kappa shape index (κ3) is 3.16. The molecule has 8 heteroatoms. The van der Waals surface area contributed by atoms with Crippen LogP contribution in [-0.4, -0.2) is 26.6 Å². The number of nitrogen functional groups attached to an aromatic ring is 1. The van der Waals surface area contributed by atoms with Gasteiger partial charge in [-0.1, -0.05) is 27.7 Å². The first-order chi connectivity index (χ1) is 11.6. The zero-order chi connectivity index (χ0) is 19.0. The van der Waals surface area contributed by atoms with Crippen LogP contribution >= 0.6 is 0 Å². The van der Waals surface area contributed by atoms with Crippen LogP contribution in [0.2, 0.25) is 0 Å². The lowest BCUT2D eigenvalue weighted by Crippen LogP contribution is -2.39. The molecule has 0 aromatic carbocycles. The number of hydrogen-bond donors (Lipinski definition) is 2. The molecular formula is C17H25N5O3. The van der Waals surface area contributed by atoms with Gasteiger partial charge in [0.15, 0.2) is 5.65 Å². The highest BCUT2D eigenvalue weighted by atomic mass is 16.2. The van der Waals surface area contributed by atoms with Crippen molar-refractivity contribution in [1.82, 2.24) is 19.4 Å². The third-order valence-electron chi connectivity index (χ3n) is 4.13. The highest BCUT2D eigenvalue weighted by Gasteiger charge is 2.25. The molecular weight excluding hydrogens is 322 g/mol. The third-order valence-corrected chi connectivity index (χ3v) is 4.13. The molecule has 1 amide bonds. The molecule has 0 aliphatic carbocycles. The Hall–Kier alpha value is -2.64. The Kier molecular flexibility index (Phi) is 5.01. The van der Waals surface area contributed by atoms with E-state index in [1.54, 1.807) is 0 Å². The number of aromatic nitrogens is 3. The Morgan fingerprint density at radius 1 is 1.16 bits per heavy atom. The number of anilines is 1. The summed E-state index contributed by atoms with van der Waals surface area (Å²) in [5.74, 6) is -0.228. The molecule has 2 aromatic heterocycles. The number of carbonyl (C=O) groups excluding carboxylic acids is 1. The number of carbonyl (C=O) groups is 1. The molecule has 0 bridgehead atoms. The van der Waals surface area contributed by atoms with E-state index in [9.17, 15) is 14.4 Å². The summed E-state index contributed by atoms with van der Waals surface area (Å²) in [5, 5.41) is 3.08. The van der Waals surface area contributed by atoms with Gasteiger partial charge in [0.25, 0.3) is 11.5 Å². The van der Waals surface area contributed by atoms with Gasteiger partial charge in [0, 0.05) is 20.6 Å². The number of rotatable bonds is 4. The fourth-order valence-corrected chi connectivity index (χ4v) is 2.83. The second kappa shape index (κ2) is 6.70.